The summed E-state index contributed by atoms with van der Waals surface area (Å²) in [7, 11) is 1.54. The van der Waals surface area contributed by atoms with Crippen molar-refractivity contribution in [3.63, 3.8) is 0 Å². The Kier molecular flexibility index (Phi) is 5.03. The molecule has 1 amide bonds. The van der Waals surface area contributed by atoms with E-state index in [2.05, 4.69) is 6.58 Å². The molecule has 5 nitrogen and oxygen atoms in total. The van der Waals surface area contributed by atoms with Crippen molar-refractivity contribution < 1.29 is 14.3 Å². The van der Waals surface area contributed by atoms with Gasteiger partial charge >= 0.3 is 0 Å². The monoisotopic (exact) mass is 236 g/mol. The molecule has 92 valence electrons. The summed E-state index contributed by atoms with van der Waals surface area (Å²) in [5.74, 6) is 5.63. The van der Waals surface area contributed by atoms with Crippen LogP contribution in [0.25, 0.3) is 0 Å². The number of nitrogens with two attached hydrogens (primary N) is 1. The summed E-state index contributed by atoms with van der Waals surface area (Å²) in [6, 6.07) is 5.48. The third kappa shape index (κ3) is 3.81. The van der Waals surface area contributed by atoms with E-state index in [4.69, 9.17) is 15.3 Å². The van der Waals surface area contributed by atoms with Crippen molar-refractivity contribution in [3.05, 3.63) is 36.4 Å². The van der Waals surface area contributed by atoms with Crippen LogP contribution in [-0.4, -0.2) is 19.6 Å². The van der Waals surface area contributed by atoms with Gasteiger partial charge in [-0.3, -0.25) is 10.2 Å². The summed E-state index contributed by atoms with van der Waals surface area (Å²) in [5, 5.41) is 0. The maximum atomic E-state index is 10.9. The number of benzene rings is 1. The molecule has 0 bridgehead atoms. The molecule has 0 saturated carbocycles. The highest BCUT2D eigenvalue weighted by Crippen LogP contribution is 2.28. The molecule has 0 unspecified atom stereocenters. The second-order valence-electron chi connectivity index (χ2n) is 3.33. The summed E-state index contributed by atoms with van der Waals surface area (Å²) in [6.07, 6.45) is 2.55. The van der Waals surface area contributed by atoms with E-state index in [1.807, 2.05) is 17.6 Å². The van der Waals surface area contributed by atoms with Gasteiger partial charge in [0.2, 0.25) is 0 Å². The first-order valence-corrected chi connectivity index (χ1v) is 5.11. The first-order valence-electron chi connectivity index (χ1n) is 5.11. The van der Waals surface area contributed by atoms with E-state index in [9.17, 15) is 4.79 Å². The van der Waals surface area contributed by atoms with Crippen LogP contribution in [0.1, 0.15) is 5.56 Å². The van der Waals surface area contributed by atoms with Crippen molar-refractivity contribution in [2.24, 2.45) is 5.84 Å². The number of hydrogen-bond donors (Lipinski definition) is 2. The topological polar surface area (TPSA) is 73.6 Å². The minimum Gasteiger partial charge on any atom is -0.493 e. The van der Waals surface area contributed by atoms with Crippen LogP contribution in [0.2, 0.25) is 0 Å². The van der Waals surface area contributed by atoms with Crippen LogP contribution < -0.4 is 20.7 Å². The molecule has 17 heavy (non-hydrogen) atoms. The summed E-state index contributed by atoms with van der Waals surface area (Å²) in [4.78, 5) is 10.9. The zero-order valence-corrected chi connectivity index (χ0v) is 9.73. The molecule has 0 aliphatic carbocycles. The van der Waals surface area contributed by atoms with Crippen LogP contribution in [-0.2, 0) is 11.2 Å². The lowest BCUT2D eigenvalue weighted by Gasteiger charge is -2.11. The van der Waals surface area contributed by atoms with Crippen LogP contribution in [0.4, 0.5) is 0 Å². The molecule has 5 heteroatoms. The Bertz CT molecular complexity index is 405. The van der Waals surface area contributed by atoms with Crippen LogP contribution in [0.5, 0.6) is 11.5 Å². The van der Waals surface area contributed by atoms with Gasteiger partial charge in [0.1, 0.15) is 0 Å². The Balaban J connectivity index is 2.77. The SMILES string of the molecule is C=CCc1ccc(OCC(=O)NN)c(OC)c1. The molecule has 0 aromatic heterocycles. The zero-order chi connectivity index (χ0) is 12.7. The molecule has 3 N–H and O–H groups in total. The van der Waals surface area contributed by atoms with Crippen LogP contribution in [0.3, 0.4) is 0 Å². The fraction of sp³-hybridized carbons (Fsp3) is 0.250. The number of allylic oxidation sites excluding steroid dienone is 1. The second-order valence-corrected chi connectivity index (χ2v) is 3.33. The van der Waals surface area contributed by atoms with E-state index in [0.717, 1.165) is 12.0 Å². The first kappa shape index (κ1) is 13.1. The molecule has 0 heterocycles. The number of carbonyl (C=O) groups excluding carboxylic acids is 1. The average molecular weight is 236 g/mol. The maximum absolute atomic E-state index is 10.9. The van der Waals surface area contributed by atoms with Gasteiger partial charge in [-0.25, -0.2) is 5.84 Å². The van der Waals surface area contributed by atoms with Gasteiger partial charge in [-0.05, 0) is 24.1 Å². The molecular formula is C12H16N2O3. The number of hydrogen-bond acceptors (Lipinski definition) is 4. The van der Waals surface area contributed by atoms with Crippen molar-refractivity contribution >= 4 is 5.91 Å². The van der Waals surface area contributed by atoms with Crippen LogP contribution in [0, 0.1) is 0 Å². The predicted octanol–water partition coefficient (Wildman–Crippen LogP) is 0.792. The van der Waals surface area contributed by atoms with Crippen LogP contribution in [0.15, 0.2) is 30.9 Å². The third-order valence-electron chi connectivity index (χ3n) is 2.13. The molecule has 0 aliphatic rings. The van der Waals surface area contributed by atoms with Gasteiger partial charge in [-0.15, -0.1) is 6.58 Å². The van der Waals surface area contributed by atoms with Crippen molar-refractivity contribution in [1.82, 2.24) is 5.43 Å². The van der Waals surface area contributed by atoms with Gasteiger partial charge in [0.15, 0.2) is 18.1 Å². The zero-order valence-electron chi connectivity index (χ0n) is 9.73. The summed E-state index contributed by atoms with van der Waals surface area (Å²) in [6.45, 7) is 3.52. The first-order chi connectivity index (χ1) is 8.21. The molecule has 1 aromatic carbocycles. The van der Waals surface area contributed by atoms with Gasteiger partial charge < -0.3 is 9.47 Å². The van der Waals surface area contributed by atoms with Crippen molar-refractivity contribution in [2.75, 3.05) is 13.7 Å². The smallest absolute Gasteiger partial charge is 0.271 e. The minimum absolute atomic E-state index is 0.145. The Hall–Kier alpha value is -2.01. The lowest BCUT2D eigenvalue weighted by Crippen LogP contribution is -2.34. The molecule has 0 saturated heterocycles. The lowest BCUT2D eigenvalue weighted by atomic mass is 10.1. The number of nitrogens with one attached hydrogen (secondary N) is 1. The third-order valence-corrected chi connectivity index (χ3v) is 2.13. The highest BCUT2D eigenvalue weighted by molar-refractivity contribution is 5.76. The Morgan fingerprint density at radius 2 is 2.29 bits per heavy atom. The Labute approximate surface area is 100 Å². The second kappa shape index (κ2) is 6.55. The fourth-order valence-corrected chi connectivity index (χ4v) is 1.31. The maximum Gasteiger partial charge on any atom is 0.271 e. The standard InChI is InChI=1S/C12H16N2O3/c1-3-4-9-5-6-10(11(7-9)16-2)17-8-12(15)14-13/h3,5-7H,1,4,8,13H2,2H3,(H,14,15). The number of amides is 1. The molecule has 0 aliphatic heterocycles. The molecule has 1 aromatic rings. The predicted molar refractivity (Wildman–Crippen MR) is 64.7 cm³/mol. The molecule has 1 rings (SSSR count). The number of ether oxygens (including phenoxy) is 2. The summed E-state index contributed by atoms with van der Waals surface area (Å²) < 4.78 is 10.4. The van der Waals surface area contributed by atoms with Crippen molar-refractivity contribution in [3.8, 4) is 11.5 Å². The molecule has 0 fully saturated rings. The Morgan fingerprint density at radius 1 is 1.53 bits per heavy atom. The quantitative estimate of drug-likeness (QED) is 0.331. The van der Waals surface area contributed by atoms with E-state index < -0.39 is 5.91 Å². The number of methoxy groups -OCH3 is 1. The van der Waals surface area contributed by atoms with Gasteiger partial charge in [0, 0.05) is 0 Å². The normalized spacial score (nSPS) is 9.53. The van der Waals surface area contributed by atoms with Crippen molar-refractivity contribution in [2.45, 2.75) is 6.42 Å². The van der Waals surface area contributed by atoms with E-state index in [1.165, 1.54) is 0 Å². The highest BCUT2D eigenvalue weighted by Gasteiger charge is 2.07. The van der Waals surface area contributed by atoms with E-state index in [1.54, 1.807) is 19.3 Å². The minimum atomic E-state index is -0.401. The van der Waals surface area contributed by atoms with Gasteiger partial charge in [-0.1, -0.05) is 12.1 Å². The van der Waals surface area contributed by atoms with Gasteiger partial charge in [-0.2, -0.15) is 0 Å². The van der Waals surface area contributed by atoms with E-state index in [0.29, 0.717) is 11.5 Å². The molecular weight excluding hydrogens is 220 g/mol. The Morgan fingerprint density at radius 3 is 2.88 bits per heavy atom. The summed E-state index contributed by atoms with van der Waals surface area (Å²) >= 11 is 0. The van der Waals surface area contributed by atoms with Gasteiger partial charge in [0.05, 0.1) is 7.11 Å². The molecule has 0 atom stereocenters. The molecule has 0 spiro atoms. The number of carbonyl (C=O) groups is 1. The molecule has 0 radical (unpaired) electrons. The average Bonchev–Trinajstić information content (AvgIpc) is 2.36. The van der Waals surface area contributed by atoms with E-state index >= 15 is 0 Å². The highest BCUT2D eigenvalue weighted by atomic mass is 16.5. The largest absolute Gasteiger partial charge is 0.493 e. The van der Waals surface area contributed by atoms with Crippen molar-refractivity contribution in [1.29, 1.82) is 0 Å². The van der Waals surface area contributed by atoms with Crippen LogP contribution >= 0.6 is 0 Å². The lowest BCUT2D eigenvalue weighted by molar-refractivity contribution is -0.123. The summed E-state index contributed by atoms with van der Waals surface area (Å²) in [5.41, 5.74) is 3.05. The fourth-order valence-electron chi connectivity index (χ4n) is 1.31. The van der Waals surface area contributed by atoms with Gasteiger partial charge in [0.25, 0.3) is 5.91 Å². The number of hydrazine groups is 1. The number of rotatable bonds is 6. The van der Waals surface area contributed by atoms with E-state index in [-0.39, 0.29) is 6.61 Å².